The van der Waals surface area contributed by atoms with Crippen LogP contribution in [0.5, 0.6) is 11.5 Å². The van der Waals surface area contributed by atoms with E-state index in [1.54, 1.807) is 0 Å². The molecule has 0 spiro atoms. The van der Waals surface area contributed by atoms with Crippen molar-refractivity contribution in [2.45, 2.75) is 18.9 Å². The number of anilines is 2. The first-order valence-corrected chi connectivity index (χ1v) is 11.9. The number of alkyl halides is 3. The van der Waals surface area contributed by atoms with Crippen molar-refractivity contribution in [3.05, 3.63) is 42.5 Å². The molecule has 3 aromatic rings. The molecule has 5 rings (SSSR count). The van der Waals surface area contributed by atoms with Gasteiger partial charge in [-0.1, -0.05) is 0 Å². The topological polar surface area (TPSA) is 77.7 Å². The van der Waals surface area contributed by atoms with E-state index in [9.17, 15) is 13.2 Å². The Hall–Kier alpha value is -3.18. The van der Waals surface area contributed by atoms with Crippen molar-refractivity contribution in [1.29, 1.82) is 0 Å². The molecular formula is C24H29F3N6O2. The van der Waals surface area contributed by atoms with Crippen LogP contribution in [0.4, 0.5) is 24.8 Å². The minimum Gasteiger partial charge on any atom is -0.489 e. The van der Waals surface area contributed by atoms with Gasteiger partial charge in [0.05, 0.1) is 17.6 Å². The lowest BCUT2D eigenvalue weighted by Gasteiger charge is -2.26. The molecule has 2 aromatic carbocycles. The molecule has 35 heavy (non-hydrogen) atoms. The van der Waals surface area contributed by atoms with E-state index < -0.39 is 6.36 Å². The fourth-order valence-corrected chi connectivity index (χ4v) is 4.52. The van der Waals surface area contributed by atoms with Gasteiger partial charge < -0.3 is 30.0 Å². The Morgan fingerprint density at radius 3 is 2.57 bits per heavy atom. The van der Waals surface area contributed by atoms with Gasteiger partial charge in [-0.05, 0) is 42.5 Å². The standard InChI is InChI=1S/C24H29F3N6O2/c25-24(26,27)35-19-4-2-18(3-5-19)34-20-7-11-33(16-20)17-1-6-21-22(15-17)31-23(30-21)29-10-14-32-12-8-28-9-13-32/h1-6,15,20,28H,7-14,16H2,(H2,29,30,31). The quantitative estimate of drug-likeness (QED) is 0.447. The average Bonchev–Trinajstić information content (AvgIpc) is 3.46. The Morgan fingerprint density at radius 1 is 1.03 bits per heavy atom. The normalized spacial score (nSPS) is 19.3. The molecule has 188 valence electrons. The van der Waals surface area contributed by atoms with Gasteiger partial charge >= 0.3 is 6.36 Å². The maximum Gasteiger partial charge on any atom is 0.573 e. The molecule has 0 bridgehead atoms. The zero-order valence-corrected chi connectivity index (χ0v) is 19.3. The van der Waals surface area contributed by atoms with Crippen LogP contribution < -0.4 is 25.0 Å². The summed E-state index contributed by atoms with van der Waals surface area (Å²) in [4.78, 5) is 12.7. The van der Waals surface area contributed by atoms with Crippen molar-refractivity contribution >= 4 is 22.7 Å². The molecular weight excluding hydrogens is 461 g/mol. The van der Waals surface area contributed by atoms with Gasteiger partial charge in [-0.3, -0.25) is 4.90 Å². The number of nitrogens with zero attached hydrogens (tertiary/aromatic N) is 3. The lowest BCUT2D eigenvalue weighted by molar-refractivity contribution is -0.274. The van der Waals surface area contributed by atoms with E-state index in [4.69, 9.17) is 4.74 Å². The highest BCUT2D eigenvalue weighted by Gasteiger charge is 2.31. The maximum absolute atomic E-state index is 12.3. The Morgan fingerprint density at radius 2 is 1.80 bits per heavy atom. The second-order valence-electron chi connectivity index (χ2n) is 8.80. The number of benzene rings is 2. The third-order valence-electron chi connectivity index (χ3n) is 6.27. The first kappa shape index (κ1) is 23.6. The van der Waals surface area contributed by atoms with Crippen molar-refractivity contribution in [2.75, 3.05) is 62.6 Å². The van der Waals surface area contributed by atoms with E-state index in [0.29, 0.717) is 12.3 Å². The predicted molar refractivity (Wildman–Crippen MR) is 128 cm³/mol. The summed E-state index contributed by atoms with van der Waals surface area (Å²) in [6.45, 7) is 7.56. The summed E-state index contributed by atoms with van der Waals surface area (Å²) in [6.07, 6.45) is -3.93. The van der Waals surface area contributed by atoms with E-state index in [0.717, 1.165) is 74.9 Å². The number of hydrogen-bond acceptors (Lipinski definition) is 7. The highest BCUT2D eigenvalue weighted by atomic mass is 19.4. The molecule has 1 unspecified atom stereocenters. The van der Waals surface area contributed by atoms with Crippen molar-refractivity contribution in [2.24, 2.45) is 0 Å². The lowest BCUT2D eigenvalue weighted by Crippen LogP contribution is -2.45. The molecule has 0 saturated carbocycles. The van der Waals surface area contributed by atoms with Crippen LogP contribution in [0.1, 0.15) is 6.42 Å². The Balaban J connectivity index is 1.14. The number of aromatic amines is 1. The number of fused-ring (bicyclic) bond motifs is 1. The third kappa shape index (κ3) is 6.29. The molecule has 0 amide bonds. The fourth-order valence-electron chi connectivity index (χ4n) is 4.52. The number of hydrogen-bond donors (Lipinski definition) is 3. The average molecular weight is 491 g/mol. The molecule has 1 aromatic heterocycles. The van der Waals surface area contributed by atoms with Gasteiger partial charge in [0.15, 0.2) is 0 Å². The van der Waals surface area contributed by atoms with Gasteiger partial charge in [0.25, 0.3) is 0 Å². The van der Waals surface area contributed by atoms with Crippen LogP contribution in [-0.4, -0.2) is 79.7 Å². The molecule has 3 N–H and O–H groups in total. The fraction of sp³-hybridized carbons (Fsp3) is 0.458. The molecule has 2 aliphatic rings. The van der Waals surface area contributed by atoms with Gasteiger partial charge in [0.2, 0.25) is 5.95 Å². The van der Waals surface area contributed by atoms with Gasteiger partial charge in [0.1, 0.15) is 17.6 Å². The van der Waals surface area contributed by atoms with Crippen LogP contribution in [-0.2, 0) is 0 Å². The Labute approximate surface area is 201 Å². The van der Waals surface area contributed by atoms with Gasteiger partial charge in [-0.2, -0.15) is 0 Å². The van der Waals surface area contributed by atoms with E-state index in [1.165, 1.54) is 24.3 Å². The smallest absolute Gasteiger partial charge is 0.489 e. The van der Waals surface area contributed by atoms with Crippen LogP contribution >= 0.6 is 0 Å². The van der Waals surface area contributed by atoms with Crippen LogP contribution in [0.2, 0.25) is 0 Å². The molecule has 8 nitrogen and oxygen atoms in total. The number of nitrogens with one attached hydrogen (secondary N) is 3. The second kappa shape index (κ2) is 10.2. The maximum atomic E-state index is 12.3. The number of aromatic nitrogens is 2. The Bertz CT molecular complexity index is 1110. The SMILES string of the molecule is FC(F)(F)Oc1ccc(OC2CCN(c3ccc4nc(NCCN5CCNCC5)[nH]c4c3)C2)cc1. The first-order chi connectivity index (χ1) is 16.9. The van der Waals surface area contributed by atoms with E-state index >= 15 is 0 Å². The number of piperazine rings is 1. The number of H-pyrrole nitrogens is 1. The van der Waals surface area contributed by atoms with Crippen molar-refractivity contribution in [3.8, 4) is 11.5 Å². The van der Waals surface area contributed by atoms with Crippen LogP contribution in [0, 0.1) is 0 Å². The zero-order chi connectivity index (χ0) is 24.3. The molecule has 2 fully saturated rings. The zero-order valence-electron chi connectivity index (χ0n) is 19.3. The summed E-state index contributed by atoms with van der Waals surface area (Å²) >= 11 is 0. The second-order valence-corrected chi connectivity index (χ2v) is 8.80. The largest absolute Gasteiger partial charge is 0.573 e. The third-order valence-corrected chi connectivity index (χ3v) is 6.27. The molecule has 1 atom stereocenters. The number of halogens is 3. The first-order valence-electron chi connectivity index (χ1n) is 11.9. The van der Waals surface area contributed by atoms with Crippen molar-refractivity contribution in [1.82, 2.24) is 20.2 Å². The lowest BCUT2D eigenvalue weighted by atomic mass is 10.2. The van der Waals surface area contributed by atoms with E-state index in [1.807, 2.05) is 6.07 Å². The van der Waals surface area contributed by atoms with Gasteiger partial charge in [-0.25, -0.2) is 4.98 Å². The summed E-state index contributed by atoms with van der Waals surface area (Å²) in [5.41, 5.74) is 2.96. The molecule has 3 heterocycles. The van der Waals surface area contributed by atoms with Crippen molar-refractivity contribution in [3.63, 3.8) is 0 Å². The van der Waals surface area contributed by atoms with Crippen LogP contribution in [0.3, 0.4) is 0 Å². The molecule has 0 aliphatic carbocycles. The molecule has 2 aliphatic heterocycles. The summed E-state index contributed by atoms with van der Waals surface area (Å²) in [7, 11) is 0. The minimum atomic E-state index is -4.70. The van der Waals surface area contributed by atoms with Crippen molar-refractivity contribution < 1.29 is 22.6 Å². The number of imidazole rings is 1. The molecule has 11 heteroatoms. The van der Waals surface area contributed by atoms with Gasteiger partial charge in [0, 0.05) is 57.9 Å². The van der Waals surface area contributed by atoms with Crippen LogP contribution in [0.15, 0.2) is 42.5 Å². The van der Waals surface area contributed by atoms with E-state index in [2.05, 4.69) is 47.3 Å². The van der Waals surface area contributed by atoms with Gasteiger partial charge in [-0.15, -0.1) is 13.2 Å². The van der Waals surface area contributed by atoms with Crippen LogP contribution in [0.25, 0.3) is 11.0 Å². The summed E-state index contributed by atoms with van der Waals surface area (Å²) in [5.74, 6) is 1.03. The summed E-state index contributed by atoms with van der Waals surface area (Å²) in [6, 6.07) is 11.7. The summed E-state index contributed by atoms with van der Waals surface area (Å²) < 4.78 is 46.9. The Kier molecular flexibility index (Phi) is 6.87. The highest BCUT2D eigenvalue weighted by molar-refractivity contribution is 5.81. The minimum absolute atomic E-state index is 0.0518. The molecule has 0 radical (unpaired) electrons. The predicted octanol–water partition coefficient (Wildman–Crippen LogP) is 3.44. The summed E-state index contributed by atoms with van der Waals surface area (Å²) in [5, 5.41) is 6.75. The number of ether oxygens (including phenoxy) is 2. The monoisotopic (exact) mass is 490 g/mol. The number of rotatable bonds is 8. The highest BCUT2D eigenvalue weighted by Crippen LogP contribution is 2.29. The van der Waals surface area contributed by atoms with E-state index in [-0.39, 0.29) is 11.9 Å². The molecule has 2 saturated heterocycles.